The quantitative estimate of drug-likeness (QED) is 0.705. The fourth-order valence-electron chi connectivity index (χ4n) is 1.54. The molecule has 0 amide bonds. The number of aryl methyl sites for hydroxylation is 1. The lowest BCUT2D eigenvalue weighted by atomic mass is 10.2. The predicted octanol–water partition coefficient (Wildman–Crippen LogP) is 1.74. The number of ether oxygens (including phenoxy) is 1. The third-order valence-corrected chi connectivity index (χ3v) is 2.75. The van der Waals surface area contributed by atoms with Crippen LogP contribution in [0.2, 0.25) is 5.02 Å². The molecule has 1 aliphatic carbocycles. The van der Waals surface area contributed by atoms with Gasteiger partial charge in [-0.3, -0.25) is 4.68 Å². The standard InChI is InChI=1S/C9H11ClN2O2/c1-12-8(5-3-4-5)6(10)7(11-12)9(13)14-2/h5H,3-4H2,1-2H3. The minimum absolute atomic E-state index is 0.221. The summed E-state index contributed by atoms with van der Waals surface area (Å²) in [7, 11) is 3.12. The number of aromatic nitrogens is 2. The van der Waals surface area contributed by atoms with Crippen molar-refractivity contribution in [2.24, 2.45) is 7.05 Å². The molecule has 0 N–H and O–H groups in total. The topological polar surface area (TPSA) is 44.1 Å². The molecule has 0 bridgehead atoms. The van der Waals surface area contributed by atoms with Crippen molar-refractivity contribution in [3.05, 3.63) is 16.4 Å². The van der Waals surface area contributed by atoms with Gasteiger partial charge in [-0.15, -0.1) is 0 Å². The second-order valence-corrected chi connectivity index (χ2v) is 3.82. The van der Waals surface area contributed by atoms with E-state index in [2.05, 4.69) is 9.84 Å². The molecule has 0 aliphatic heterocycles. The van der Waals surface area contributed by atoms with Crippen molar-refractivity contribution in [3.63, 3.8) is 0 Å². The van der Waals surface area contributed by atoms with Crippen LogP contribution in [0.25, 0.3) is 0 Å². The number of carbonyl (C=O) groups excluding carboxylic acids is 1. The summed E-state index contributed by atoms with van der Waals surface area (Å²) in [5.74, 6) is -0.00379. The maximum Gasteiger partial charge on any atom is 0.360 e. The Morgan fingerprint density at radius 3 is 2.79 bits per heavy atom. The van der Waals surface area contributed by atoms with E-state index in [1.54, 1.807) is 11.7 Å². The van der Waals surface area contributed by atoms with Crippen LogP contribution in [0, 0.1) is 0 Å². The van der Waals surface area contributed by atoms with E-state index in [9.17, 15) is 4.79 Å². The molecule has 14 heavy (non-hydrogen) atoms. The highest BCUT2D eigenvalue weighted by Gasteiger charge is 2.32. The fraction of sp³-hybridized carbons (Fsp3) is 0.556. The molecule has 0 atom stereocenters. The number of hydrogen-bond acceptors (Lipinski definition) is 3. The van der Waals surface area contributed by atoms with E-state index in [1.165, 1.54) is 7.11 Å². The van der Waals surface area contributed by atoms with Crippen LogP contribution in [0.1, 0.15) is 34.9 Å². The molecule has 1 heterocycles. The lowest BCUT2D eigenvalue weighted by Crippen LogP contribution is -2.03. The Balaban J connectivity index is 2.43. The lowest BCUT2D eigenvalue weighted by Gasteiger charge is -1.97. The summed E-state index contributed by atoms with van der Waals surface area (Å²) in [6.45, 7) is 0. The van der Waals surface area contributed by atoms with Gasteiger partial charge in [0.15, 0.2) is 5.69 Å². The van der Waals surface area contributed by atoms with Gasteiger partial charge in [0, 0.05) is 13.0 Å². The highest BCUT2D eigenvalue weighted by Crippen LogP contribution is 2.43. The van der Waals surface area contributed by atoms with Crippen LogP contribution in [0.5, 0.6) is 0 Å². The van der Waals surface area contributed by atoms with Crippen molar-refractivity contribution >= 4 is 17.6 Å². The molecule has 1 saturated carbocycles. The van der Waals surface area contributed by atoms with Gasteiger partial charge in [-0.25, -0.2) is 4.79 Å². The second kappa shape index (κ2) is 3.28. The molecular weight excluding hydrogens is 204 g/mol. The minimum Gasteiger partial charge on any atom is -0.464 e. The fourth-order valence-corrected chi connectivity index (χ4v) is 1.93. The van der Waals surface area contributed by atoms with Crippen LogP contribution in [0.4, 0.5) is 0 Å². The van der Waals surface area contributed by atoms with Gasteiger partial charge >= 0.3 is 5.97 Å². The van der Waals surface area contributed by atoms with Crippen molar-refractivity contribution in [3.8, 4) is 0 Å². The Bertz CT molecular complexity index is 382. The van der Waals surface area contributed by atoms with E-state index in [4.69, 9.17) is 11.6 Å². The number of halogens is 1. The average Bonchev–Trinajstić information content (AvgIpc) is 2.93. The van der Waals surface area contributed by atoms with Gasteiger partial charge < -0.3 is 4.74 Å². The van der Waals surface area contributed by atoms with Gasteiger partial charge in [0.25, 0.3) is 0 Å². The number of hydrogen-bond donors (Lipinski definition) is 0. The highest BCUT2D eigenvalue weighted by atomic mass is 35.5. The van der Waals surface area contributed by atoms with Crippen molar-refractivity contribution in [1.29, 1.82) is 0 Å². The zero-order chi connectivity index (χ0) is 10.3. The molecule has 2 rings (SSSR count). The number of rotatable bonds is 2. The Hall–Kier alpha value is -1.03. The first-order valence-electron chi connectivity index (χ1n) is 4.46. The molecule has 4 nitrogen and oxygen atoms in total. The zero-order valence-electron chi connectivity index (χ0n) is 8.08. The van der Waals surface area contributed by atoms with Gasteiger partial charge in [0.05, 0.1) is 17.8 Å². The molecule has 0 radical (unpaired) electrons. The Morgan fingerprint density at radius 2 is 2.29 bits per heavy atom. The van der Waals surface area contributed by atoms with E-state index >= 15 is 0 Å². The van der Waals surface area contributed by atoms with Gasteiger partial charge in [0.1, 0.15) is 0 Å². The maximum absolute atomic E-state index is 11.3. The van der Waals surface area contributed by atoms with E-state index in [1.807, 2.05) is 0 Å². The third kappa shape index (κ3) is 1.39. The van der Waals surface area contributed by atoms with Crippen molar-refractivity contribution in [2.75, 3.05) is 7.11 Å². The molecule has 0 saturated heterocycles. The summed E-state index contributed by atoms with van der Waals surface area (Å²) in [6.07, 6.45) is 2.25. The van der Waals surface area contributed by atoms with Crippen molar-refractivity contribution < 1.29 is 9.53 Å². The monoisotopic (exact) mass is 214 g/mol. The van der Waals surface area contributed by atoms with Gasteiger partial charge in [-0.1, -0.05) is 11.6 Å². The van der Waals surface area contributed by atoms with Crippen LogP contribution in [-0.2, 0) is 11.8 Å². The summed E-state index contributed by atoms with van der Waals surface area (Å²) in [4.78, 5) is 11.3. The molecule has 0 spiro atoms. The zero-order valence-corrected chi connectivity index (χ0v) is 8.84. The molecule has 0 unspecified atom stereocenters. The van der Waals surface area contributed by atoms with Crippen molar-refractivity contribution in [1.82, 2.24) is 9.78 Å². The molecule has 0 aromatic carbocycles. The summed E-state index contributed by atoms with van der Waals surface area (Å²) >= 11 is 6.05. The Kier molecular flexibility index (Phi) is 2.23. The summed E-state index contributed by atoms with van der Waals surface area (Å²) in [5, 5.41) is 4.50. The second-order valence-electron chi connectivity index (χ2n) is 3.44. The van der Waals surface area contributed by atoms with Crippen LogP contribution >= 0.6 is 11.6 Å². The summed E-state index contributed by atoms with van der Waals surface area (Å²) < 4.78 is 6.26. The third-order valence-electron chi connectivity index (χ3n) is 2.37. The number of carbonyl (C=O) groups is 1. The molecule has 1 aromatic rings. The van der Waals surface area contributed by atoms with Crippen LogP contribution < -0.4 is 0 Å². The van der Waals surface area contributed by atoms with Gasteiger partial charge in [-0.2, -0.15) is 5.10 Å². The van der Waals surface area contributed by atoms with Crippen LogP contribution in [0.15, 0.2) is 0 Å². The maximum atomic E-state index is 11.3. The van der Waals surface area contributed by atoms with Gasteiger partial charge in [0.2, 0.25) is 0 Å². The normalized spacial score (nSPS) is 15.6. The predicted molar refractivity (Wildman–Crippen MR) is 51.5 cm³/mol. The first kappa shape index (κ1) is 9.52. The Morgan fingerprint density at radius 1 is 1.64 bits per heavy atom. The Labute approximate surface area is 86.8 Å². The van der Waals surface area contributed by atoms with E-state index in [0.717, 1.165) is 18.5 Å². The van der Waals surface area contributed by atoms with Crippen LogP contribution in [0.3, 0.4) is 0 Å². The molecule has 1 aromatic heterocycles. The number of nitrogens with zero attached hydrogens (tertiary/aromatic N) is 2. The molecule has 76 valence electrons. The largest absolute Gasteiger partial charge is 0.464 e. The van der Waals surface area contributed by atoms with Crippen LogP contribution in [-0.4, -0.2) is 22.9 Å². The minimum atomic E-state index is -0.475. The first-order chi connectivity index (χ1) is 6.65. The van der Waals surface area contributed by atoms with Gasteiger partial charge in [-0.05, 0) is 12.8 Å². The van der Waals surface area contributed by atoms with E-state index < -0.39 is 5.97 Å². The summed E-state index contributed by atoms with van der Waals surface area (Å²) in [6, 6.07) is 0. The number of methoxy groups -OCH3 is 1. The SMILES string of the molecule is COC(=O)c1nn(C)c(C2CC2)c1Cl. The van der Waals surface area contributed by atoms with Crippen molar-refractivity contribution in [2.45, 2.75) is 18.8 Å². The summed E-state index contributed by atoms with van der Waals surface area (Å²) in [5.41, 5.74) is 1.17. The molecular formula is C9H11ClN2O2. The molecule has 1 fully saturated rings. The molecule has 5 heteroatoms. The van der Waals surface area contributed by atoms with E-state index in [-0.39, 0.29) is 5.69 Å². The lowest BCUT2D eigenvalue weighted by molar-refractivity contribution is 0.0593. The molecule has 1 aliphatic rings. The first-order valence-corrected chi connectivity index (χ1v) is 4.83. The number of esters is 1. The smallest absolute Gasteiger partial charge is 0.360 e. The highest BCUT2D eigenvalue weighted by molar-refractivity contribution is 6.34. The van der Waals surface area contributed by atoms with E-state index in [0.29, 0.717) is 10.9 Å². The average molecular weight is 215 g/mol.